The zero-order chi connectivity index (χ0) is 18.0. The summed E-state index contributed by atoms with van der Waals surface area (Å²) in [5, 5.41) is 18.3. The first kappa shape index (κ1) is 18.1. The van der Waals surface area contributed by atoms with Gasteiger partial charge in [0.05, 0.1) is 17.2 Å². The third-order valence-corrected chi connectivity index (χ3v) is 5.18. The second-order valence-corrected chi connectivity index (χ2v) is 7.44. The van der Waals surface area contributed by atoms with Crippen molar-refractivity contribution in [2.45, 2.75) is 57.7 Å². The molecule has 3 rings (SSSR count). The molecule has 25 heavy (non-hydrogen) atoms. The molecule has 0 saturated heterocycles. The Morgan fingerprint density at radius 1 is 1.32 bits per heavy atom. The van der Waals surface area contributed by atoms with E-state index in [1.807, 2.05) is 19.1 Å². The number of rotatable bonds is 4. The lowest BCUT2D eigenvalue weighted by Crippen LogP contribution is -2.42. The monoisotopic (exact) mass is 407 g/mol. The quantitative estimate of drug-likeness (QED) is 0.812. The highest BCUT2D eigenvalue weighted by Gasteiger charge is 2.21. The van der Waals surface area contributed by atoms with Crippen molar-refractivity contribution in [2.24, 2.45) is 0 Å². The molecule has 0 aliphatic heterocycles. The molecule has 0 bridgehead atoms. The number of carbonyl (C=O) groups is 1. The first-order chi connectivity index (χ1) is 12.0. The number of carbonyl (C=O) groups excluding carboxylic acids is 1. The molecule has 1 amide bonds. The Morgan fingerprint density at radius 3 is 2.72 bits per heavy atom. The van der Waals surface area contributed by atoms with Crippen LogP contribution in [0.2, 0.25) is 0 Å². The normalized spacial score (nSPS) is 20.6. The zero-order valence-corrected chi connectivity index (χ0v) is 15.8. The number of aryl methyl sites for hydroxylation is 1. The fourth-order valence-electron chi connectivity index (χ4n) is 3.32. The molecule has 1 fully saturated rings. The highest BCUT2D eigenvalue weighted by molar-refractivity contribution is 9.10. The van der Waals surface area contributed by atoms with E-state index in [-0.39, 0.29) is 30.2 Å². The highest BCUT2D eigenvalue weighted by atomic mass is 79.9. The molecule has 7 heteroatoms. The first-order valence-electron chi connectivity index (χ1n) is 8.64. The van der Waals surface area contributed by atoms with Gasteiger partial charge in [-0.25, -0.2) is 4.68 Å². The predicted octanol–water partition coefficient (Wildman–Crippen LogP) is 2.14. The second kappa shape index (κ2) is 7.66. The number of nitrogens with zero attached hydrogens (tertiary/aromatic N) is 2. The number of aliphatic hydroxyl groups excluding tert-OH is 1. The van der Waals surface area contributed by atoms with Crippen LogP contribution in [-0.4, -0.2) is 32.9 Å². The van der Waals surface area contributed by atoms with Crippen LogP contribution in [-0.2, 0) is 17.8 Å². The Balaban J connectivity index is 1.81. The van der Waals surface area contributed by atoms with E-state index in [2.05, 4.69) is 26.3 Å². The third-order valence-electron chi connectivity index (χ3n) is 4.69. The van der Waals surface area contributed by atoms with Crippen molar-refractivity contribution in [3.8, 4) is 0 Å². The minimum atomic E-state index is -0.260. The van der Waals surface area contributed by atoms with Crippen LogP contribution in [0.15, 0.2) is 27.5 Å². The molecule has 1 aromatic heterocycles. The van der Waals surface area contributed by atoms with Gasteiger partial charge in [0, 0.05) is 15.9 Å². The molecular formula is C18H22BrN3O3. The molecule has 1 heterocycles. The van der Waals surface area contributed by atoms with E-state index in [0.29, 0.717) is 24.6 Å². The van der Waals surface area contributed by atoms with E-state index >= 15 is 0 Å². The number of aromatic nitrogens is 2. The molecule has 1 saturated carbocycles. The summed E-state index contributed by atoms with van der Waals surface area (Å²) in [6, 6.07) is 5.54. The number of hydrogen-bond acceptors (Lipinski definition) is 4. The van der Waals surface area contributed by atoms with Crippen molar-refractivity contribution >= 4 is 32.6 Å². The largest absolute Gasteiger partial charge is 0.393 e. The summed E-state index contributed by atoms with van der Waals surface area (Å²) in [5.41, 5.74) is 0.540. The van der Waals surface area contributed by atoms with Crippen LogP contribution in [0.4, 0.5) is 0 Å². The smallest absolute Gasteiger partial charge is 0.275 e. The van der Waals surface area contributed by atoms with Crippen LogP contribution in [0.1, 0.15) is 38.3 Å². The van der Waals surface area contributed by atoms with Gasteiger partial charge in [-0.3, -0.25) is 9.59 Å². The average Bonchev–Trinajstić information content (AvgIpc) is 2.59. The van der Waals surface area contributed by atoms with Crippen LogP contribution in [0.25, 0.3) is 10.8 Å². The van der Waals surface area contributed by atoms with E-state index in [0.717, 1.165) is 28.4 Å². The van der Waals surface area contributed by atoms with Gasteiger partial charge in [-0.2, -0.15) is 5.10 Å². The maximum atomic E-state index is 12.7. The first-order valence-corrected chi connectivity index (χ1v) is 9.44. The fraction of sp³-hybridized carbons (Fsp3) is 0.500. The van der Waals surface area contributed by atoms with Crippen molar-refractivity contribution in [3.05, 3.63) is 38.7 Å². The van der Waals surface area contributed by atoms with Crippen LogP contribution in [0.5, 0.6) is 0 Å². The van der Waals surface area contributed by atoms with Crippen LogP contribution in [0.3, 0.4) is 0 Å². The second-order valence-electron chi connectivity index (χ2n) is 6.53. The summed E-state index contributed by atoms with van der Waals surface area (Å²) in [5.74, 6) is -0.213. The standard InChI is InChI=1S/C18H22BrN3O3/c1-2-16-15-9-11(19)3-8-14(15)18(25)22(21-16)10-17(24)20-12-4-6-13(23)7-5-12/h3,8-9,12-13,23H,2,4-7,10H2,1H3,(H,20,24). The minimum Gasteiger partial charge on any atom is -0.393 e. The van der Waals surface area contributed by atoms with Crippen molar-refractivity contribution in [1.82, 2.24) is 15.1 Å². The predicted molar refractivity (Wildman–Crippen MR) is 99.5 cm³/mol. The van der Waals surface area contributed by atoms with Gasteiger partial charge in [0.15, 0.2) is 0 Å². The number of hydrogen-bond donors (Lipinski definition) is 2. The van der Waals surface area contributed by atoms with Crippen LogP contribution < -0.4 is 10.9 Å². The number of fused-ring (bicyclic) bond motifs is 1. The Kier molecular flexibility index (Phi) is 5.54. The molecule has 2 aromatic rings. The van der Waals surface area contributed by atoms with Gasteiger partial charge in [-0.15, -0.1) is 0 Å². The summed E-state index contributed by atoms with van der Waals surface area (Å²) in [6.45, 7) is 1.89. The molecule has 1 aromatic carbocycles. The number of nitrogens with one attached hydrogen (secondary N) is 1. The zero-order valence-electron chi connectivity index (χ0n) is 14.2. The number of benzene rings is 1. The lowest BCUT2D eigenvalue weighted by molar-refractivity contribution is -0.123. The summed E-state index contributed by atoms with van der Waals surface area (Å²) >= 11 is 3.42. The van der Waals surface area contributed by atoms with Gasteiger partial charge >= 0.3 is 0 Å². The molecule has 0 unspecified atom stereocenters. The molecule has 6 nitrogen and oxygen atoms in total. The lowest BCUT2D eigenvalue weighted by Gasteiger charge is -2.26. The molecule has 2 N–H and O–H groups in total. The van der Waals surface area contributed by atoms with Gasteiger partial charge in [0.25, 0.3) is 5.56 Å². The Morgan fingerprint density at radius 2 is 2.04 bits per heavy atom. The number of aliphatic hydroxyl groups is 1. The van der Waals surface area contributed by atoms with Crippen LogP contribution in [0, 0.1) is 0 Å². The molecule has 134 valence electrons. The van der Waals surface area contributed by atoms with E-state index in [9.17, 15) is 14.7 Å². The lowest BCUT2D eigenvalue weighted by atomic mass is 9.93. The average molecular weight is 408 g/mol. The van der Waals surface area contributed by atoms with Crippen LogP contribution >= 0.6 is 15.9 Å². The summed E-state index contributed by atoms with van der Waals surface area (Å²) < 4.78 is 2.15. The SMILES string of the molecule is CCc1nn(CC(=O)NC2CCC(O)CC2)c(=O)c2ccc(Br)cc12. The van der Waals surface area contributed by atoms with Crippen molar-refractivity contribution in [3.63, 3.8) is 0 Å². The van der Waals surface area contributed by atoms with Gasteiger partial charge < -0.3 is 10.4 Å². The van der Waals surface area contributed by atoms with E-state index in [4.69, 9.17) is 0 Å². The minimum absolute atomic E-state index is 0.0636. The molecule has 0 radical (unpaired) electrons. The third kappa shape index (κ3) is 4.10. The van der Waals surface area contributed by atoms with Crippen molar-refractivity contribution < 1.29 is 9.90 Å². The maximum Gasteiger partial charge on any atom is 0.275 e. The summed E-state index contributed by atoms with van der Waals surface area (Å²) in [4.78, 5) is 25.0. The topological polar surface area (TPSA) is 84.2 Å². The van der Waals surface area contributed by atoms with Crippen molar-refractivity contribution in [1.29, 1.82) is 0 Å². The van der Waals surface area contributed by atoms with Crippen molar-refractivity contribution in [2.75, 3.05) is 0 Å². The molecule has 1 aliphatic carbocycles. The van der Waals surface area contributed by atoms with Gasteiger partial charge in [-0.05, 0) is 50.3 Å². The van der Waals surface area contributed by atoms with Gasteiger partial charge in [0.2, 0.25) is 5.91 Å². The van der Waals surface area contributed by atoms with Gasteiger partial charge in [-0.1, -0.05) is 22.9 Å². The van der Waals surface area contributed by atoms with Gasteiger partial charge in [0.1, 0.15) is 6.54 Å². The molecule has 0 atom stereocenters. The Hall–Kier alpha value is -1.73. The summed E-state index contributed by atoms with van der Waals surface area (Å²) in [6.07, 6.45) is 3.35. The molecule has 1 aliphatic rings. The highest BCUT2D eigenvalue weighted by Crippen LogP contribution is 2.20. The Bertz CT molecular complexity index is 841. The Labute approximate surface area is 154 Å². The number of amides is 1. The summed E-state index contributed by atoms with van der Waals surface area (Å²) in [7, 11) is 0. The maximum absolute atomic E-state index is 12.7. The molecule has 0 spiro atoms. The van der Waals surface area contributed by atoms with E-state index < -0.39 is 0 Å². The number of halogens is 1. The van der Waals surface area contributed by atoms with E-state index in [1.54, 1.807) is 6.07 Å². The van der Waals surface area contributed by atoms with E-state index in [1.165, 1.54) is 4.68 Å². The fourth-order valence-corrected chi connectivity index (χ4v) is 3.68. The molecular weight excluding hydrogens is 386 g/mol.